The van der Waals surface area contributed by atoms with Crippen LogP contribution >= 0.6 is 0 Å². The maximum atomic E-state index is 12.2. The molecule has 7 nitrogen and oxygen atoms in total. The van der Waals surface area contributed by atoms with Crippen molar-refractivity contribution >= 4 is 16.0 Å². The summed E-state index contributed by atoms with van der Waals surface area (Å²) in [6.07, 6.45) is 0. The quantitative estimate of drug-likeness (QED) is 0.852. The summed E-state index contributed by atoms with van der Waals surface area (Å²) in [4.78, 5) is 10.8. The van der Waals surface area contributed by atoms with Crippen molar-refractivity contribution in [3.05, 3.63) is 17.5 Å². The van der Waals surface area contributed by atoms with Crippen LogP contribution in [0.25, 0.3) is 0 Å². The van der Waals surface area contributed by atoms with E-state index in [0.29, 0.717) is 11.5 Å². The Bertz CT molecular complexity index is 600. The van der Waals surface area contributed by atoms with Gasteiger partial charge in [-0.3, -0.25) is 4.79 Å². The first-order chi connectivity index (χ1) is 9.43. The minimum Gasteiger partial charge on any atom is -0.481 e. The van der Waals surface area contributed by atoms with E-state index in [-0.39, 0.29) is 17.7 Å². The van der Waals surface area contributed by atoms with Gasteiger partial charge in [0.05, 0.1) is 5.92 Å². The molecule has 1 aromatic heterocycles. The molecule has 0 aliphatic carbocycles. The summed E-state index contributed by atoms with van der Waals surface area (Å²) in [7, 11) is -2.27. The van der Waals surface area contributed by atoms with Crippen molar-refractivity contribution in [3.63, 3.8) is 0 Å². The Kier molecular flexibility index (Phi) is 5.16. The molecule has 1 heterocycles. The smallest absolute Gasteiger partial charge is 0.307 e. The first kappa shape index (κ1) is 17.6. The van der Waals surface area contributed by atoms with E-state index in [4.69, 9.17) is 9.63 Å². The Hall–Kier alpha value is -1.41. The lowest BCUT2D eigenvalue weighted by Crippen LogP contribution is -2.34. The molecule has 0 saturated heterocycles. The molecular formula is C13H22N2O5S. The Balaban J connectivity index is 2.81. The average molecular weight is 318 g/mol. The van der Waals surface area contributed by atoms with Crippen molar-refractivity contribution < 1.29 is 22.8 Å². The predicted molar refractivity (Wildman–Crippen MR) is 77.3 cm³/mol. The molecule has 0 aliphatic rings. The third-order valence-corrected chi connectivity index (χ3v) is 4.82. The molecule has 1 aromatic rings. The normalized spacial score (nSPS) is 14.4. The Morgan fingerprint density at radius 3 is 2.48 bits per heavy atom. The molecule has 0 aliphatic heterocycles. The molecule has 0 aromatic carbocycles. The molecule has 120 valence electrons. The van der Waals surface area contributed by atoms with Crippen LogP contribution in [0.5, 0.6) is 0 Å². The maximum Gasteiger partial charge on any atom is 0.307 e. The van der Waals surface area contributed by atoms with Crippen molar-refractivity contribution in [1.29, 1.82) is 0 Å². The SMILES string of the molecule is CC(CN(C)S(=O)(=O)Cc1cc(C(C)(C)C)on1)C(=O)O. The summed E-state index contributed by atoms with van der Waals surface area (Å²) in [5.74, 6) is -1.51. The number of carboxylic acids is 1. The van der Waals surface area contributed by atoms with Crippen LogP contribution in [-0.2, 0) is 26.0 Å². The molecule has 21 heavy (non-hydrogen) atoms. The third kappa shape index (κ3) is 4.82. The van der Waals surface area contributed by atoms with Crippen molar-refractivity contribution in [2.75, 3.05) is 13.6 Å². The van der Waals surface area contributed by atoms with Crippen LogP contribution in [-0.4, -0.2) is 42.5 Å². The standard InChI is InChI=1S/C13H22N2O5S/c1-9(12(16)17)7-15(5)21(18,19)8-10-6-11(20-14-10)13(2,3)4/h6,9H,7-8H2,1-5H3,(H,16,17). The highest BCUT2D eigenvalue weighted by molar-refractivity contribution is 7.88. The van der Waals surface area contributed by atoms with Gasteiger partial charge in [0, 0.05) is 25.1 Å². The van der Waals surface area contributed by atoms with Gasteiger partial charge in [0.2, 0.25) is 10.0 Å². The number of carbonyl (C=O) groups is 1. The van der Waals surface area contributed by atoms with E-state index < -0.39 is 21.9 Å². The van der Waals surface area contributed by atoms with Crippen molar-refractivity contribution in [2.24, 2.45) is 5.92 Å². The topological polar surface area (TPSA) is 101 Å². The molecule has 0 amide bonds. The lowest BCUT2D eigenvalue weighted by molar-refractivity contribution is -0.141. The molecule has 1 N–H and O–H groups in total. The van der Waals surface area contributed by atoms with Crippen LogP contribution in [0.4, 0.5) is 0 Å². The molecule has 0 fully saturated rings. The van der Waals surface area contributed by atoms with Gasteiger partial charge in [-0.1, -0.05) is 32.9 Å². The van der Waals surface area contributed by atoms with Gasteiger partial charge in [0.25, 0.3) is 0 Å². The molecule has 1 atom stereocenters. The highest BCUT2D eigenvalue weighted by Crippen LogP contribution is 2.23. The van der Waals surface area contributed by atoms with Gasteiger partial charge in [0.1, 0.15) is 17.2 Å². The summed E-state index contributed by atoms with van der Waals surface area (Å²) in [5, 5.41) is 12.6. The first-order valence-electron chi connectivity index (χ1n) is 6.56. The van der Waals surface area contributed by atoms with Gasteiger partial charge in [-0.2, -0.15) is 0 Å². The first-order valence-corrected chi connectivity index (χ1v) is 8.17. The lowest BCUT2D eigenvalue weighted by Gasteiger charge is -2.18. The molecule has 8 heteroatoms. The third-order valence-electron chi connectivity index (χ3n) is 3.06. The average Bonchev–Trinajstić information content (AvgIpc) is 2.76. The van der Waals surface area contributed by atoms with E-state index >= 15 is 0 Å². The fourth-order valence-electron chi connectivity index (χ4n) is 1.61. The zero-order valence-electron chi connectivity index (χ0n) is 13.0. The van der Waals surface area contributed by atoms with Gasteiger partial charge in [-0.05, 0) is 0 Å². The minimum absolute atomic E-state index is 0.0817. The number of hydrogen-bond acceptors (Lipinski definition) is 5. The van der Waals surface area contributed by atoms with E-state index in [0.717, 1.165) is 4.31 Å². The van der Waals surface area contributed by atoms with Crippen LogP contribution in [0, 0.1) is 5.92 Å². The van der Waals surface area contributed by atoms with Gasteiger partial charge in [-0.25, -0.2) is 12.7 Å². The number of sulfonamides is 1. The lowest BCUT2D eigenvalue weighted by atomic mass is 9.93. The molecule has 0 spiro atoms. The summed E-state index contributed by atoms with van der Waals surface area (Å²) in [6.45, 7) is 7.19. The zero-order chi connectivity index (χ0) is 16.4. The fraction of sp³-hybridized carbons (Fsp3) is 0.692. The highest BCUT2D eigenvalue weighted by Gasteiger charge is 2.26. The molecule has 0 saturated carbocycles. The zero-order valence-corrected chi connectivity index (χ0v) is 13.8. The van der Waals surface area contributed by atoms with E-state index in [1.54, 1.807) is 6.07 Å². The van der Waals surface area contributed by atoms with Crippen LogP contribution in [0.3, 0.4) is 0 Å². The molecule has 0 radical (unpaired) electrons. The van der Waals surface area contributed by atoms with E-state index in [1.165, 1.54) is 14.0 Å². The largest absolute Gasteiger partial charge is 0.481 e. The van der Waals surface area contributed by atoms with Crippen molar-refractivity contribution in [2.45, 2.75) is 38.9 Å². The van der Waals surface area contributed by atoms with Crippen molar-refractivity contribution in [3.8, 4) is 0 Å². The van der Waals surface area contributed by atoms with Gasteiger partial charge >= 0.3 is 5.97 Å². The summed E-state index contributed by atoms with van der Waals surface area (Å²) >= 11 is 0. The van der Waals surface area contributed by atoms with Gasteiger partial charge in [-0.15, -0.1) is 0 Å². The summed E-state index contributed by atoms with van der Waals surface area (Å²) in [6, 6.07) is 1.62. The van der Waals surface area contributed by atoms with Gasteiger partial charge < -0.3 is 9.63 Å². The predicted octanol–water partition coefficient (Wildman–Crippen LogP) is 1.45. The fourth-order valence-corrected chi connectivity index (χ4v) is 2.79. The van der Waals surface area contributed by atoms with Crippen LogP contribution in [0.1, 0.15) is 39.1 Å². The summed E-state index contributed by atoms with van der Waals surface area (Å²) < 4.78 is 30.5. The number of aromatic nitrogens is 1. The van der Waals surface area contributed by atoms with E-state index in [1.807, 2.05) is 20.8 Å². The monoisotopic (exact) mass is 318 g/mol. The number of rotatable bonds is 6. The maximum absolute atomic E-state index is 12.2. The van der Waals surface area contributed by atoms with E-state index in [2.05, 4.69) is 5.16 Å². The second kappa shape index (κ2) is 6.15. The molecule has 1 rings (SSSR count). The second-order valence-corrected chi connectivity index (χ2v) is 8.28. The van der Waals surface area contributed by atoms with Crippen LogP contribution < -0.4 is 0 Å². The Labute approximate surface area is 125 Å². The highest BCUT2D eigenvalue weighted by atomic mass is 32.2. The molecule has 1 unspecified atom stereocenters. The van der Waals surface area contributed by atoms with Crippen molar-refractivity contribution in [1.82, 2.24) is 9.46 Å². The summed E-state index contributed by atoms with van der Waals surface area (Å²) in [5.41, 5.74) is 0.0633. The Morgan fingerprint density at radius 1 is 1.48 bits per heavy atom. The van der Waals surface area contributed by atoms with Gasteiger partial charge in [0.15, 0.2) is 0 Å². The van der Waals surface area contributed by atoms with E-state index in [9.17, 15) is 13.2 Å². The minimum atomic E-state index is -3.63. The molecule has 0 bridgehead atoms. The van der Waals surface area contributed by atoms with Crippen LogP contribution in [0.2, 0.25) is 0 Å². The van der Waals surface area contributed by atoms with Crippen LogP contribution in [0.15, 0.2) is 10.6 Å². The number of hydrogen-bond donors (Lipinski definition) is 1. The number of carboxylic acid groups (broad SMARTS) is 1. The number of aliphatic carboxylic acids is 1. The molecular weight excluding hydrogens is 296 g/mol. The number of nitrogens with zero attached hydrogens (tertiary/aromatic N) is 2. The Morgan fingerprint density at radius 2 is 2.05 bits per heavy atom. The second-order valence-electron chi connectivity index (χ2n) is 6.21.